The van der Waals surface area contributed by atoms with Gasteiger partial charge in [0.2, 0.25) is 5.91 Å². The van der Waals surface area contributed by atoms with Gasteiger partial charge in [0, 0.05) is 14.0 Å². The van der Waals surface area contributed by atoms with Crippen molar-refractivity contribution in [3.05, 3.63) is 0 Å². The van der Waals surface area contributed by atoms with Crippen molar-refractivity contribution < 1.29 is 29.2 Å². The van der Waals surface area contributed by atoms with Crippen LogP contribution in [0.5, 0.6) is 0 Å². The maximum Gasteiger partial charge on any atom is 0.217 e. The maximum atomic E-state index is 11.2. The summed E-state index contributed by atoms with van der Waals surface area (Å²) in [4.78, 5) is 11.2. The van der Waals surface area contributed by atoms with Gasteiger partial charge in [-0.25, -0.2) is 0 Å². The lowest BCUT2D eigenvalue weighted by atomic mass is 9.96. The predicted octanol–water partition coefficient (Wildman–Crippen LogP) is -1.77. The van der Waals surface area contributed by atoms with Gasteiger partial charge in [-0.3, -0.25) is 4.79 Å². The summed E-state index contributed by atoms with van der Waals surface area (Å²) in [5.41, 5.74) is 0. The van der Waals surface area contributed by atoms with Crippen molar-refractivity contribution in [2.75, 3.05) is 20.3 Å². The smallest absolute Gasteiger partial charge is 0.217 e. The SMILES string of the molecule is C#CCO[C@H]1OC(CO)[C@H](O)C(OC)[C@H]1NC(C)=O. The van der Waals surface area contributed by atoms with Crippen LogP contribution in [0.1, 0.15) is 6.92 Å². The molecule has 7 heteroatoms. The highest BCUT2D eigenvalue weighted by atomic mass is 16.7. The van der Waals surface area contributed by atoms with E-state index in [1.807, 2.05) is 0 Å². The van der Waals surface area contributed by atoms with Gasteiger partial charge in [-0.15, -0.1) is 6.42 Å². The van der Waals surface area contributed by atoms with Crippen LogP contribution in [0, 0.1) is 12.3 Å². The van der Waals surface area contributed by atoms with Gasteiger partial charge >= 0.3 is 0 Å². The highest BCUT2D eigenvalue weighted by Crippen LogP contribution is 2.24. The van der Waals surface area contributed by atoms with Gasteiger partial charge in [0.05, 0.1) is 6.61 Å². The van der Waals surface area contributed by atoms with E-state index in [4.69, 9.17) is 25.7 Å². The van der Waals surface area contributed by atoms with E-state index in [-0.39, 0.29) is 12.5 Å². The van der Waals surface area contributed by atoms with Crippen LogP contribution in [0.3, 0.4) is 0 Å². The Morgan fingerprint density at radius 2 is 2.26 bits per heavy atom. The van der Waals surface area contributed by atoms with Crippen LogP contribution in [-0.4, -0.2) is 67.1 Å². The Hall–Kier alpha value is -1.17. The third kappa shape index (κ3) is 3.89. The summed E-state index contributed by atoms with van der Waals surface area (Å²) in [7, 11) is 1.39. The van der Waals surface area contributed by atoms with Crippen molar-refractivity contribution in [2.24, 2.45) is 0 Å². The quantitative estimate of drug-likeness (QED) is 0.513. The number of amides is 1. The number of terminal acetylenes is 1. The highest BCUT2D eigenvalue weighted by molar-refractivity contribution is 5.73. The molecule has 7 nitrogen and oxygen atoms in total. The van der Waals surface area contributed by atoms with E-state index in [1.54, 1.807) is 0 Å². The lowest BCUT2D eigenvalue weighted by Gasteiger charge is -2.43. The second-order valence-electron chi connectivity index (χ2n) is 4.16. The molecule has 1 aliphatic heterocycles. The number of methoxy groups -OCH3 is 1. The zero-order valence-corrected chi connectivity index (χ0v) is 10.9. The Kier molecular flexibility index (Phi) is 6.21. The van der Waals surface area contributed by atoms with E-state index in [0.29, 0.717) is 0 Å². The number of aliphatic hydroxyl groups excluding tert-OH is 2. The molecular weight excluding hydrogens is 254 g/mol. The molecule has 1 fully saturated rings. The summed E-state index contributed by atoms with van der Waals surface area (Å²) in [6.07, 6.45) is 1.49. The maximum absolute atomic E-state index is 11.2. The minimum atomic E-state index is -1.09. The fourth-order valence-electron chi connectivity index (χ4n) is 2.01. The molecule has 1 heterocycles. The minimum absolute atomic E-state index is 0.0224. The summed E-state index contributed by atoms with van der Waals surface area (Å²) >= 11 is 0. The first kappa shape index (κ1) is 15.9. The van der Waals surface area contributed by atoms with E-state index in [2.05, 4.69) is 11.2 Å². The molecule has 3 N–H and O–H groups in total. The van der Waals surface area contributed by atoms with Gasteiger partial charge in [-0.05, 0) is 0 Å². The number of ether oxygens (including phenoxy) is 3. The molecule has 0 aliphatic carbocycles. The molecule has 0 spiro atoms. The van der Waals surface area contributed by atoms with E-state index in [0.717, 1.165) is 0 Å². The fourth-order valence-corrected chi connectivity index (χ4v) is 2.01. The summed E-state index contributed by atoms with van der Waals surface area (Å²) in [5.74, 6) is 1.97. The Morgan fingerprint density at radius 1 is 1.58 bits per heavy atom. The monoisotopic (exact) mass is 273 g/mol. The van der Waals surface area contributed by atoms with Gasteiger partial charge in [-0.1, -0.05) is 5.92 Å². The van der Waals surface area contributed by atoms with E-state index in [1.165, 1.54) is 14.0 Å². The Bertz CT molecular complexity index is 342. The van der Waals surface area contributed by atoms with Crippen LogP contribution >= 0.6 is 0 Å². The van der Waals surface area contributed by atoms with Crippen LogP contribution in [0.15, 0.2) is 0 Å². The number of aliphatic hydroxyl groups is 2. The number of carbonyl (C=O) groups excluding carboxylic acids is 1. The van der Waals surface area contributed by atoms with Crippen LogP contribution in [0.4, 0.5) is 0 Å². The van der Waals surface area contributed by atoms with Crippen LogP contribution in [0.2, 0.25) is 0 Å². The number of hydrogen-bond donors (Lipinski definition) is 3. The van der Waals surface area contributed by atoms with Gasteiger partial charge in [0.25, 0.3) is 0 Å². The second kappa shape index (κ2) is 7.43. The number of carbonyl (C=O) groups is 1. The van der Waals surface area contributed by atoms with Crippen molar-refractivity contribution in [2.45, 2.75) is 37.6 Å². The Labute approximate surface area is 111 Å². The average Bonchev–Trinajstić information content (AvgIpc) is 2.37. The molecule has 0 saturated carbocycles. The van der Waals surface area contributed by atoms with Gasteiger partial charge in [0.1, 0.15) is 31.0 Å². The third-order valence-corrected chi connectivity index (χ3v) is 2.83. The zero-order chi connectivity index (χ0) is 14.4. The van der Waals surface area contributed by atoms with E-state index >= 15 is 0 Å². The zero-order valence-electron chi connectivity index (χ0n) is 10.9. The summed E-state index contributed by atoms with van der Waals surface area (Å²) < 4.78 is 15.8. The predicted molar refractivity (Wildman–Crippen MR) is 64.9 cm³/mol. The molecule has 0 bridgehead atoms. The van der Waals surface area contributed by atoms with Crippen LogP contribution in [0.25, 0.3) is 0 Å². The molecule has 0 aromatic carbocycles. The Balaban J connectivity index is 2.88. The molecular formula is C12H19NO6. The van der Waals surface area contributed by atoms with E-state index < -0.39 is 37.3 Å². The summed E-state index contributed by atoms with van der Waals surface area (Å²) in [6, 6.07) is -0.714. The van der Waals surface area contributed by atoms with Crippen molar-refractivity contribution in [3.8, 4) is 12.3 Å². The first-order chi connectivity index (χ1) is 9.04. The Morgan fingerprint density at radius 3 is 2.74 bits per heavy atom. The van der Waals surface area contributed by atoms with Crippen molar-refractivity contribution in [1.82, 2.24) is 5.32 Å². The summed E-state index contributed by atoms with van der Waals surface area (Å²) in [6.45, 7) is 0.907. The van der Waals surface area contributed by atoms with Crippen molar-refractivity contribution in [1.29, 1.82) is 0 Å². The molecule has 0 aromatic heterocycles. The fraction of sp³-hybridized carbons (Fsp3) is 0.750. The number of hydrogen-bond acceptors (Lipinski definition) is 6. The average molecular weight is 273 g/mol. The molecule has 1 saturated heterocycles. The minimum Gasteiger partial charge on any atom is -0.394 e. The lowest BCUT2D eigenvalue weighted by Crippen LogP contribution is -2.65. The second-order valence-corrected chi connectivity index (χ2v) is 4.16. The molecule has 5 atom stereocenters. The van der Waals surface area contributed by atoms with Crippen molar-refractivity contribution in [3.63, 3.8) is 0 Å². The van der Waals surface area contributed by atoms with E-state index in [9.17, 15) is 9.90 Å². The molecule has 1 rings (SSSR count). The molecule has 0 aromatic rings. The number of nitrogens with one attached hydrogen (secondary N) is 1. The molecule has 2 unspecified atom stereocenters. The third-order valence-electron chi connectivity index (χ3n) is 2.83. The molecule has 108 valence electrons. The molecule has 1 amide bonds. The lowest BCUT2D eigenvalue weighted by molar-refractivity contribution is -0.270. The highest BCUT2D eigenvalue weighted by Gasteiger charge is 2.46. The topological polar surface area (TPSA) is 97.2 Å². The summed E-state index contributed by atoms with van der Waals surface area (Å²) in [5, 5.41) is 21.8. The van der Waals surface area contributed by atoms with Gasteiger partial charge < -0.3 is 29.7 Å². The standard InChI is InChI=1S/C12H19NO6/c1-4-5-18-12-9(13-7(2)15)11(17-3)10(16)8(6-14)19-12/h1,8-12,14,16H,5-6H2,2-3H3,(H,13,15)/t8?,9-,10+,11?,12+/m1/s1. The van der Waals surface area contributed by atoms with Gasteiger partial charge in [0.15, 0.2) is 6.29 Å². The molecule has 1 aliphatic rings. The van der Waals surface area contributed by atoms with Crippen molar-refractivity contribution >= 4 is 5.91 Å². The van der Waals surface area contributed by atoms with Crippen LogP contribution in [-0.2, 0) is 19.0 Å². The largest absolute Gasteiger partial charge is 0.394 e. The first-order valence-electron chi connectivity index (χ1n) is 5.84. The normalized spacial score (nSPS) is 34.6. The van der Waals surface area contributed by atoms with Crippen LogP contribution < -0.4 is 5.32 Å². The molecule has 19 heavy (non-hydrogen) atoms. The number of rotatable bonds is 5. The molecule has 0 radical (unpaired) electrons. The first-order valence-corrected chi connectivity index (χ1v) is 5.84. The van der Waals surface area contributed by atoms with Gasteiger partial charge in [-0.2, -0.15) is 0 Å².